The number of carbonyl (C=O) groups is 1. The number of rotatable bonds is 4. The van der Waals surface area contributed by atoms with Crippen molar-refractivity contribution >= 4 is 5.91 Å². The van der Waals surface area contributed by atoms with Crippen LogP contribution >= 0.6 is 0 Å². The molecule has 2 fully saturated rings. The largest absolute Gasteiger partial charge is 0.376 e. The Morgan fingerprint density at radius 3 is 2.90 bits per heavy atom. The van der Waals surface area contributed by atoms with Crippen molar-refractivity contribution in [2.45, 2.75) is 44.5 Å². The molecule has 0 aromatic heterocycles. The van der Waals surface area contributed by atoms with E-state index in [0.29, 0.717) is 18.5 Å². The molecule has 21 heavy (non-hydrogen) atoms. The van der Waals surface area contributed by atoms with Crippen molar-refractivity contribution < 1.29 is 13.9 Å². The van der Waals surface area contributed by atoms with E-state index in [2.05, 4.69) is 5.32 Å². The molecule has 3 atom stereocenters. The monoisotopic (exact) mass is 292 g/mol. The summed E-state index contributed by atoms with van der Waals surface area (Å²) in [6.45, 7) is 3.24. The molecule has 1 aromatic rings. The molecule has 0 saturated carbocycles. The number of ether oxygens (including phenoxy) is 1. The maximum atomic E-state index is 14.1. The summed E-state index contributed by atoms with van der Waals surface area (Å²) in [5.41, 5.74) is 0.528. The van der Waals surface area contributed by atoms with Gasteiger partial charge in [0.2, 0.25) is 5.91 Å². The summed E-state index contributed by atoms with van der Waals surface area (Å²) in [6, 6.07) is 6.40. The van der Waals surface area contributed by atoms with Gasteiger partial charge in [-0.05, 0) is 25.3 Å². The fourth-order valence-corrected chi connectivity index (χ4v) is 3.13. The average molecular weight is 292 g/mol. The van der Waals surface area contributed by atoms with E-state index < -0.39 is 6.17 Å². The lowest BCUT2D eigenvalue weighted by Gasteiger charge is -2.27. The van der Waals surface area contributed by atoms with Crippen molar-refractivity contribution in [3.8, 4) is 0 Å². The van der Waals surface area contributed by atoms with E-state index >= 15 is 0 Å². The van der Waals surface area contributed by atoms with Crippen LogP contribution in [0.3, 0.4) is 0 Å². The second-order valence-corrected chi connectivity index (χ2v) is 5.68. The van der Waals surface area contributed by atoms with E-state index in [9.17, 15) is 9.18 Å². The van der Waals surface area contributed by atoms with Gasteiger partial charge in [0.05, 0.1) is 12.1 Å². The number of benzene rings is 1. The second kappa shape index (κ2) is 6.12. The Morgan fingerprint density at radius 2 is 2.24 bits per heavy atom. The zero-order valence-corrected chi connectivity index (χ0v) is 12.2. The van der Waals surface area contributed by atoms with Gasteiger partial charge in [0.15, 0.2) is 0 Å². The Bertz CT molecular complexity index is 517. The van der Waals surface area contributed by atoms with E-state index in [4.69, 9.17) is 4.74 Å². The lowest BCUT2D eigenvalue weighted by Crippen LogP contribution is -2.37. The first-order valence-electron chi connectivity index (χ1n) is 7.63. The molecule has 2 saturated heterocycles. The van der Waals surface area contributed by atoms with Crippen LogP contribution in [-0.2, 0) is 9.53 Å². The van der Waals surface area contributed by atoms with Crippen LogP contribution in [0.2, 0.25) is 0 Å². The van der Waals surface area contributed by atoms with Crippen molar-refractivity contribution in [3.63, 3.8) is 0 Å². The van der Waals surface area contributed by atoms with Gasteiger partial charge in [-0.15, -0.1) is 0 Å². The molecule has 0 aliphatic carbocycles. The van der Waals surface area contributed by atoms with Crippen LogP contribution in [0.5, 0.6) is 0 Å². The SMILES string of the molecule is CCC1NC(c2ccccc2F)N(CC2CCCO2)C1=O. The quantitative estimate of drug-likeness (QED) is 0.925. The molecule has 2 aliphatic heterocycles. The summed E-state index contributed by atoms with van der Waals surface area (Å²) in [6.07, 6.45) is 2.37. The van der Waals surface area contributed by atoms with Gasteiger partial charge in [0.25, 0.3) is 0 Å². The minimum Gasteiger partial charge on any atom is -0.376 e. The van der Waals surface area contributed by atoms with Crippen LogP contribution in [0.1, 0.15) is 37.9 Å². The molecule has 1 N–H and O–H groups in total. The Kier molecular flexibility index (Phi) is 4.22. The number of carbonyl (C=O) groups excluding carboxylic acids is 1. The van der Waals surface area contributed by atoms with Gasteiger partial charge in [-0.3, -0.25) is 10.1 Å². The van der Waals surface area contributed by atoms with Crippen LogP contribution in [-0.4, -0.2) is 36.1 Å². The number of amides is 1. The van der Waals surface area contributed by atoms with Crippen LogP contribution in [0, 0.1) is 5.82 Å². The minimum atomic E-state index is -0.396. The van der Waals surface area contributed by atoms with E-state index in [-0.39, 0.29) is 23.9 Å². The third-order valence-corrected chi connectivity index (χ3v) is 4.28. The highest BCUT2D eigenvalue weighted by atomic mass is 19.1. The maximum absolute atomic E-state index is 14.1. The van der Waals surface area contributed by atoms with Crippen LogP contribution in [0.15, 0.2) is 24.3 Å². The predicted molar refractivity (Wildman–Crippen MR) is 77.0 cm³/mol. The lowest BCUT2D eigenvalue weighted by atomic mass is 10.1. The molecule has 5 heteroatoms. The van der Waals surface area contributed by atoms with E-state index in [0.717, 1.165) is 19.4 Å². The molecular weight excluding hydrogens is 271 g/mol. The lowest BCUT2D eigenvalue weighted by molar-refractivity contribution is -0.131. The summed E-state index contributed by atoms with van der Waals surface area (Å²) in [5.74, 6) is -0.238. The first-order chi connectivity index (χ1) is 10.2. The molecule has 4 nitrogen and oxygen atoms in total. The highest BCUT2D eigenvalue weighted by molar-refractivity contribution is 5.84. The molecule has 2 aliphatic rings. The number of hydrogen-bond donors (Lipinski definition) is 1. The molecule has 3 unspecified atom stereocenters. The molecule has 0 bridgehead atoms. The fraction of sp³-hybridized carbons (Fsp3) is 0.562. The minimum absolute atomic E-state index is 0.0428. The van der Waals surface area contributed by atoms with Gasteiger partial charge >= 0.3 is 0 Å². The molecule has 3 rings (SSSR count). The summed E-state index contributed by atoms with van der Waals surface area (Å²) in [4.78, 5) is 14.2. The maximum Gasteiger partial charge on any atom is 0.241 e. The van der Waals surface area contributed by atoms with E-state index in [1.807, 2.05) is 6.92 Å². The molecule has 1 amide bonds. The standard InChI is InChI=1S/C16H21FN2O2/c1-2-14-16(20)19(10-11-6-5-9-21-11)15(18-14)12-7-3-4-8-13(12)17/h3-4,7-8,11,14-15,18H,2,5-6,9-10H2,1H3. The number of nitrogens with zero attached hydrogens (tertiary/aromatic N) is 1. The fourth-order valence-electron chi connectivity index (χ4n) is 3.13. The van der Waals surface area contributed by atoms with E-state index in [1.54, 1.807) is 23.1 Å². The third kappa shape index (κ3) is 2.80. The van der Waals surface area contributed by atoms with Crippen molar-refractivity contribution in [1.82, 2.24) is 10.2 Å². The normalized spacial score (nSPS) is 29.3. The highest BCUT2D eigenvalue weighted by Gasteiger charge is 2.40. The van der Waals surface area contributed by atoms with Gasteiger partial charge in [0, 0.05) is 18.7 Å². The zero-order valence-electron chi connectivity index (χ0n) is 12.2. The summed E-state index contributed by atoms with van der Waals surface area (Å²) < 4.78 is 19.7. The molecule has 0 spiro atoms. The number of nitrogens with one attached hydrogen (secondary N) is 1. The average Bonchev–Trinajstić information content (AvgIpc) is 3.10. The van der Waals surface area contributed by atoms with Gasteiger partial charge in [-0.25, -0.2) is 4.39 Å². The Balaban J connectivity index is 1.85. The second-order valence-electron chi connectivity index (χ2n) is 5.68. The predicted octanol–water partition coefficient (Wildman–Crippen LogP) is 2.21. The van der Waals surface area contributed by atoms with Crippen LogP contribution in [0.4, 0.5) is 4.39 Å². The topological polar surface area (TPSA) is 41.6 Å². The van der Waals surface area contributed by atoms with Gasteiger partial charge in [-0.2, -0.15) is 0 Å². The Labute approximate surface area is 124 Å². The first-order valence-corrected chi connectivity index (χ1v) is 7.63. The van der Waals surface area contributed by atoms with Crippen LogP contribution in [0.25, 0.3) is 0 Å². The van der Waals surface area contributed by atoms with Gasteiger partial charge in [0.1, 0.15) is 12.0 Å². The number of halogens is 1. The highest BCUT2D eigenvalue weighted by Crippen LogP contribution is 2.29. The van der Waals surface area contributed by atoms with Gasteiger partial charge in [-0.1, -0.05) is 25.1 Å². The van der Waals surface area contributed by atoms with Crippen LogP contribution < -0.4 is 5.32 Å². The molecular formula is C16H21FN2O2. The number of hydrogen-bond acceptors (Lipinski definition) is 3. The van der Waals surface area contributed by atoms with Crippen molar-refractivity contribution in [3.05, 3.63) is 35.6 Å². The third-order valence-electron chi connectivity index (χ3n) is 4.28. The Hall–Kier alpha value is -1.46. The Morgan fingerprint density at radius 1 is 1.43 bits per heavy atom. The summed E-state index contributed by atoms with van der Waals surface area (Å²) in [7, 11) is 0. The first kappa shape index (κ1) is 14.5. The zero-order chi connectivity index (χ0) is 14.8. The summed E-state index contributed by atoms with van der Waals surface area (Å²) in [5, 5.41) is 3.25. The van der Waals surface area contributed by atoms with E-state index in [1.165, 1.54) is 6.07 Å². The molecule has 0 radical (unpaired) electrons. The van der Waals surface area contributed by atoms with Crippen molar-refractivity contribution in [1.29, 1.82) is 0 Å². The van der Waals surface area contributed by atoms with Crippen molar-refractivity contribution in [2.75, 3.05) is 13.2 Å². The summed E-state index contributed by atoms with van der Waals surface area (Å²) >= 11 is 0. The van der Waals surface area contributed by atoms with Crippen molar-refractivity contribution in [2.24, 2.45) is 0 Å². The smallest absolute Gasteiger partial charge is 0.241 e. The van der Waals surface area contributed by atoms with Gasteiger partial charge < -0.3 is 9.64 Å². The molecule has 2 heterocycles. The molecule has 114 valence electrons. The molecule has 1 aromatic carbocycles.